The molecule has 1 rings (SSSR count). The van der Waals surface area contributed by atoms with Crippen molar-refractivity contribution in [2.45, 2.75) is 32.9 Å². The largest absolute Gasteiger partial charge is 0.491 e. The van der Waals surface area contributed by atoms with Crippen LogP contribution in [0.5, 0.6) is 5.75 Å². The van der Waals surface area contributed by atoms with Gasteiger partial charge in [-0.2, -0.15) is 0 Å². The fourth-order valence-electron chi connectivity index (χ4n) is 1.94. The van der Waals surface area contributed by atoms with Crippen LogP contribution in [0, 0.1) is 12.8 Å². The highest BCUT2D eigenvalue weighted by Gasteiger charge is 2.23. The molecule has 0 bridgehead atoms. The van der Waals surface area contributed by atoms with E-state index in [1.807, 2.05) is 45.0 Å². The maximum absolute atomic E-state index is 11.6. The van der Waals surface area contributed by atoms with E-state index < -0.39 is 12.1 Å². The van der Waals surface area contributed by atoms with Crippen molar-refractivity contribution in [1.29, 1.82) is 0 Å². The molecule has 0 aliphatic heterocycles. The molecular formula is C16H25NO4. The Kier molecular flexibility index (Phi) is 7.19. The maximum atomic E-state index is 11.6. The molecule has 2 unspecified atom stereocenters. The molecule has 0 aliphatic rings. The molecule has 0 radical (unpaired) electrons. The Morgan fingerprint density at radius 2 is 2.00 bits per heavy atom. The van der Waals surface area contributed by atoms with Gasteiger partial charge >= 0.3 is 5.97 Å². The first-order valence-corrected chi connectivity index (χ1v) is 7.13. The summed E-state index contributed by atoms with van der Waals surface area (Å²) in [7, 11) is 1.36. The summed E-state index contributed by atoms with van der Waals surface area (Å²) in [6.07, 6.45) is -0.699. The summed E-state index contributed by atoms with van der Waals surface area (Å²) in [5, 5.41) is 13.0. The number of hydrogen-bond donors (Lipinski definition) is 2. The standard InChI is InChI=1S/C16H25NO4/c1-11(2)15(16(19)20-4)17-9-13(18)10-21-14-8-6-5-7-12(14)3/h5-8,11,13,15,17-18H,9-10H2,1-4H3. The Morgan fingerprint density at radius 1 is 1.33 bits per heavy atom. The van der Waals surface area contributed by atoms with Crippen molar-refractivity contribution in [2.24, 2.45) is 5.92 Å². The molecule has 21 heavy (non-hydrogen) atoms. The van der Waals surface area contributed by atoms with E-state index in [1.165, 1.54) is 7.11 Å². The van der Waals surface area contributed by atoms with Gasteiger partial charge in [-0.15, -0.1) is 0 Å². The van der Waals surface area contributed by atoms with Gasteiger partial charge in [0.05, 0.1) is 7.11 Å². The highest BCUT2D eigenvalue weighted by molar-refractivity contribution is 5.75. The number of hydrogen-bond acceptors (Lipinski definition) is 5. The van der Waals surface area contributed by atoms with Gasteiger partial charge in [-0.1, -0.05) is 32.0 Å². The Labute approximate surface area is 126 Å². The van der Waals surface area contributed by atoms with Crippen molar-refractivity contribution in [3.05, 3.63) is 29.8 Å². The van der Waals surface area contributed by atoms with Gasteiger partial charge in [0.1, 0.15) is 24.5 Å². The minimum atomic E-state index is -0.699. The number of para-hydroxylation sites is 1. The number of aliphatic hydroxyl groups is 1. The van der Waals surface area contributed by atoms with E-state index >= 15 is 0 Å². The molecule has 5 nitrogen and oxygen atoms in total. The quantitative estimate of drug-likeness (QED) is 0.712. The zero-order valence-electron chi connectivity index (χ0n) is 13.1. The second-order valence-corrected chi connectivity index (χ2v) is 5.38. The first-order valence-electron chi connectivity index (χ1n) is 7.13. The third-order valence-corrected chi connectivity index (χ3v) is 3.22. The van der Waals surface area contributed by atoms with Crippen molar-refractivity contribution in [2.75, 3.05) is 20.3 Å². The number of aryl methyl sites for hydroxylation is 1. The molecule has 0 aromatic heterocycles. The van der Waals surface area contributed by atoms with Gasteiger partial charge in [-0.25, -0.2) is 0 Å². The van der Waals surface area contributed by atoms with E-state index in [0.29, 0.717) is 0 Å². The third-order valence-electron chi connectivity index (χ3n) is 3.22. The van der Waals surface area contributed by atoms with Crippen molar-refractivity contribution >= 4 is 5.97 Å². The molecule has 0 heterocycles. The van der Waals surface area contributed by atoms with Gasteiger partial charge in [-0.3, -0.25) is 4.79 Å². The van der Waals surface area contributed by atoms with Gasteiger partial charge in [0.15, 0.2) is 0 Å². The number of rotatable bonds is 8. The Balaban J connectivity index is 2.41. The van der Waals surface area contributed by atoms with Crippen LogP contribution in [0.3, 0.4) is 0 Å². The molecule has 0 fully saturated rings. The molecule has 5 heteroatoms. The van der Waals surface area contributed by atoms with E-state index in [-0.39, 0.29) is 25.0 Å². The molecule has 2 atom stereocenters. The molecule has 0 saturated heterocycles. The van der Waals surface area contributed by atoms with Crippen LogP contribution in [0.25, 0.3) is 0 Å². The van der Waals surface area contributed by atoms with Crippen LogP contribution >= 0.6 is 0 Å². The van der Waals surface area contributed by atoms with Gasteiger partial charge in [0, 0.05) is 6.54 Å². The lowest BCUT2D eigenvalue weighted by Gasteiger charge is -2.22. The topological polar surface area (TPSA) is 67.8 Å². The minimum absolute atomic E-state index is 0.0851. The molecule has 0 amide bonds. The second kappa shape index (κ2) is 8.64. The number of methoxy groups -OCH3 is 1. The number of ether oxygens (including phenoxy) is 2. The van der Waals surface area contributed by atoms with Crippen molar-refractivity contribution in [3.63, 3.8) is 0 Å². The summed E-state index contributed by atoms with van der Waals surface area (Å²) in [6, 6.07) is 7.21. The van der Waals surface area contributed by atoms with Gasteiger partial charge in [-0.05, 0) is 24.5 Å². The summed E-state index contributed by atoms with van der Waals surface area (Å²) >= 11 is 0. The molecule has 0 saturated carbocycles. The van der Waals surface area contributed by atoms with Gasteiger partial charge in [0.2, 0.25) is 0 Å². The zero-order chi connectivity index (χ0) is 15.8. The van der Waals surface area contributed by atoms with E-state index in [4.69, 9.17) is 9.47 Å². The van der Waals surface area contributed by atoms with Crippen LogP contribution in [0.1, 0.15) is 19.4 Å². The normalized spacial score (nSPS) is 13.8. The minimum Gasteiger partial charge on any atom is -0.491 e. The van der Waals surface area contributed by atoms with Crippen LogP contribution in [0.15, 0.2) is 24.3 Å². The molecule has 0 aliphatic carbocycles. The summed E-state index contributed by atoms with van der Waals surface area (Å²) in [4.78, 5) is 11.6. The van der Waals surface area contributed by atoms with Crippen molar-refractivity contribution in [1.82, 2.24) is 5.32 Å². The number of carbonyl (C=O) groups is 1. The number of carbonyl (C=O) groups excluding carboxylic acids is 1. The molecule has 2 N–H and O–H groups in total. The first-order chi connectivity index (χ1) is 9.95. The van der Waals surface area contributed by atoms with E-state index in [2.05, 4.69) is 5.32 Å². The van der Waals surface area contributed by atoms with Crippen LogP contribution in [-0.4, -0.2) is 43.5 Å². The average molecular weight is 295 g/mol. The fraction of sp³-hybridized carbons (Fsp3) is 0.562. The van der Waals surface area contributed by atoms with E-state index in [9.17, 15) is 9.90 Å². The third kappa shape index (κ3) is 5.73. The Hall–Kier alpha value is -1.59. The molecular weight excluding hydrogens is 270 g/mol. The van der Waals surface area contributed by atoms with E-state index in [0.717, 1.165) is 11.3 Å². The van der Waals surface area contributed by atoms with Gasteiger partial charge < -0.3 is 19.9 Å². The van der Waals surface area contributed by atoms with Crippen LogP contribution in [0.4, 0.5) is 0 Å². The second-order valence-electron chi connectivity index (χ2n) is 5.38. The number of benzene rings is 1. The van der Waals surface area contributed by atoms with Gasteiger partial charge in [0.25, 0.3) is 0 Å². The predicted molar refractivity (Wildman–Crippen MR) is 81.3 cm³/mol. The Morgan fingerprint density at radius 3 is 2.57 bits per heavy atom. The van der Waals surface area contributed by atoms with E-state index in [1.54, 1.807) is 0 Å². The lowest BCUT2D eigenvalue weighted by molar-refractivity contribution is -0.144. The number of aliphatic hydroxyl groups excluding tert-OH is 1. The predicted octanol–water partition coefficient (Wildman–Crippen LogP) is 1.52. The summed E-state index contributed by atoms with van der Waals surface area (Å²) in [5.74, 6) is 0.517. The lowest BCUT2D eigenvalue weighted by atomic mass is 10.0. The smallest absolute Gasteiger partial charge is 0.323 e. The number of nitrogens with one attached hydrogen (secondary N) is 1. The summed E-state index contributed by atoms with van der Waals surface area (Å²) in [5.41, 5.74) is 1.02. The monoisotopic (exact) mass is 295 g/mol. The van der Waals surface area contributed by atoms with Crippen LogP contribution < -0.4 is 10.1 Å². The molecule has 0 spiro atoms. The van der Waals surface area contributed by atoms with Crippen LogP contribution in [-0.2, 0) is 9.53 Å². The average Bonchev–Trinajstić information content (AvgIpc) is 2.45. The molecule has 1 aromatic carbocycles. The maximum Gasteiger partial charge on any atom is 0.323 e. The Bertz CT molecular complexity index is 448. The number of esters is 1. The summed E-state index contributed by atoms with van der Waals surface area (Å²) < 4.78 is 10.3. The zero-order valence-corrected chi connectivity index (χ0v) is 13.1. The highest BCUT2D eigenvalue weighted by atomic mass is 16.5. The lowest BCUT2D eigenvalue weighted by Crippen LogP contribution is -2.46. The van der Waals surface area contributed by atoms with Crippen molar-refractivity contribution < 1.29 is 19.4 Å². The van der Waals surface area contributed by atoms with Crippen LogP contribution in [0.2, 0.25) is 0 Å². The first kappa shape index (κ1) is 17.5. The molecule has 1 aromatic rings. The molecule has 118 valence electrons. The highest BCUT2D eigenvalue weighted by Crippen LogP contribution is 2.16. The summed E-state index contributed by atoms with van der Waals surface area (Å²) in [6.45, 7) is 6.23. The van der Waals surface area contributed by atoms with Crippen molar-refractivity contribution in [3.8, 4) is 5.75 Å². The SMILES string of the molecule is COC(=O)C(NCC(O)COc1ccccc1C)C(C)C. The fourth-order valence-corrected chi connectivity index (χ4v) is 1.94.